The number of hydrogen-bond donors (Lipinski definition) is 1. The first-order valence-corrected chi connectivity index (χ1v) is 8.87. The van der Waals surface area contributed by atoms with E-state index in [4.69, 9.17) is 11.6 Å². The van der Waals surface area contributed by atoms with Gasteiger partial charge in [0, 0.05) is 18.2 Å². The lowest BCUT2D eigenvalue weighted by Crippen LogP contribution is -2.36. The molecule has 0 aliphatic heterocycles. The van der Waals surface area contributed by atoms with Gasteiger partial charge in [-0.2, -0.15) is 4.98 Å². The zero-order valence-electron chi connectivity index (χ0n) is 14.6. The molecule has 0 saturated carbocycles. The molecule has 0 spiro atoms. The van der Waals surface area contributed by atoms with E-state index in [2.05, 4.69) is 34.1 Å². The molecule has 0 fully saturated rings. The molecule has 2 rings (SSSR count). The Morgan fingerprint density at radius 2 is 2.08 bits per heavy atom. The molecule has 1 N–H and O–H groups in total. The largest absolute Gasteiger partial charge is 0.363 e. The summed E-state index contributed by atoms with van der Waals surface area (Å²) in [4.78, 5) is 24.4. The third-order valence-corrected chi connectivity index (χ3v) is 4.38. The molecule has 2 aromatic rings. The van der Waals surface area contributed by atoms with E-state index in [1.807, 2.05) is 12.1 Å². The van der Waals surface area contributed by atoms with Gasteiger partial charge in [0.25, 0.3) is 0 Å². The van der Waals surface area contributed by atoms with Gasteiger partial charge in [0.1, 0.15) is 11.3 Å². The summed E-state index contributed by atoms with van der Waals surface area (Å²) in [7, 11) is 0. The maximum absolute atomic E-state index is 11.5. The molecule has 5 nitrogen and oxygen atoms in total. The zero-order chi connectivity index (χ0) is 17.6. The summed E-state index contributed by atoms with van der Waals surface area (Å²) >= 11 is 6.06. The van der Waals surface area contributed by atoms with Gasteiger partial charge in [-0.05, 0) is 50.4 Å². The number of unbranched alkanes of at least 4 members (excludes halogenated alkanes) is 2. The summed E-state index contributed by atoms with van der Waals surface area (Å²) in [6, 6.07) is 3.69. The predicted molar refractivity (Wildman–Crippen MR) is 98.4 cm³/mol. The average molecular weight is 349 g/mol. The molecule has 0 saturated heterocycles. The minimum atomic E-state index is -0.233. The molecule has 1 atom stereocenters. The number of ketones is 1. The molecular weight excluding hydrogens is 324 g/mol. The van der Waals surface area contributed by atoms with Crippen LogP contribution in [0, 0.1) is 0 Å². The number of nitrogens with one attached hydrogen (secondary N) is 1. The predicted octanol–water partition coefficient (Wildman–Crippen LogP) is 4.80. The average Bonchev–Trinajstić information content (AvgIpc) is 2.53. The summed E-state index contributed by atoms with van der Waals surface area (Å²) in [6.07, 6.45) is 7.40. The van der Waals surface area contributed by atoms with Crippen LogP contribution in [0.4, 0.5) is 5.82 Å². The number of rotatable bonds is 9. The van der Waals surface area contributed by atoms with Crippen molar-refractivity contribution in [3.05, 3.63) is 23.6 Å². The Balaban J connectivity index is 2.29. The molecule has 0 amide bonds. The summed E-state index contributed by atoms with van der Waals surface area (Å²) in [6.45, 7) is 5.95. The van der Waals surface area contributed by atoms with Crippen LogP contribution in [-0.2, 0) is 4.79 Å². The van der Waals surface area contributed by atoms with Crippen molar-refractivity contribution in [3.63, 3.8) is 0 Å². The zero-order valence-corrected chi connectivity index (χ0v) is 15.4. The highest BCUT2D eigenvalue weighted by Gasteiger charge is 2.26. The van der Waals surface area contributed by atoms with E-state index >= 15 is 0 Å². The quantitative estimate of drug-likeness (QED) is 0.520. The van der Waals surface area contributed by atoms with Crippen LogP contribution in [0.25, 0.3) is 11.0 Å². The number of nitrogens with zero attached hydrogens (tertiary/aromatic N) is 3. The van der Waals surface area contributed by atoms with Crippen LogP contribution >= 0.6 is 11.6 Å². The minimum absolute atomic E-state index is 0.195. The molecular formula is C18H25ClN4O. The second-order valence-electron chi connectivity index (χ2n) is 6.56. The van der Waals surface area contributed by atoms with Crippen molar-refractivity contribution < 1.29 is 4.79 Å². The maximum Gasteiger partial charge on any atom is 0.225 e. The third-order valence-electron chi connectivity index (χ3n) is 4.21. The molecule has 0 aliphatic rings. The lowest BCUT2D eigenvalue weighted by molar-refractivity contribution is -0.117. The molecule has 0 aromatic carbocycles. The van der Waals surface area contributed by atoms with E-state index in [0.29, 0.717) is 23.3 Å². The van der Waals surface area contributed by atoms with E-state index in [0.717, 1.165) is 25.7 Å². The monoisotopic (exact) mass is 348 g/mol. The van der Waals surface area contributed by atoms with Crippen molar-refractivity contribution in [2.75, 3.05) is 5.32 Å². The SMILES string of the molecule is CCCCC[C@](C)(CCC(C)=O)Nc1nc(Cl)nc2cccnc12. The number of aromatic nitrogens is 3. The van der Waals surface area contributed by atoms with E-state index in [9.17, 15) is 4.79 Å². The highest BCUT2D eigenvalue weighted by molar-refractivity contribution is 6.28. The standard InChI is InChI=1S/C18H25ClN4O/c1-4-5-6-10-18(3,11-9-13(2)24)23-16-15-14(8-7-12-20-15)21-17(19)22-16/h7-8,12H,4-6,9-11H2,1-3H3,(H,21,22,23)/t18-/m1/s1. The minimum Gasteiger partial charge on any atom is -0.363 e. The fourth-order valence-electron chi connectivity index (χ4n) is 2.78. The first kappa shape index (κ1) is 18.6. The second kappa shape index (κ2) is 8.38. The smallest absolute Gasteiger partial charge is 0.225 e. The Labute approximate surface area is 148 Å². The number of pyridine rings is 1. The molecule has 2 heterocycles. The summed E-state index contributed by atoms with van der Waals surface area (Å²) < 4.78 is 0. The van der Waals surface area contributed by atoms with Gasteiger partial charge in [-0.3, -0.25) is 4.98 Å². The van der Waals surface area contributed by atoms with Crippen molar-refractivity contribution in [1.29, 1.82) is 0 Å². The molecule has 0 radical (unpaired) electrons. The van der Waals surface area contributed by atoms with Gasteiger partial charge < -0.3 is 10.1 Å². The summed E-state index contributed by atoms with van der Waals surface area (Å²) in [5, 5.41) is 3.70. The third kappa shape index (κ3) is 5.13. The maximum atomic E-state index is 11.5. The number of hydrogen-bond acceptors (Lipinski definition) is 5. The van der Waals surface area contributed by atoms with Crippen LogP contribution in [0.15, 0.2) is 18.3 Å². The Kier molecular flexibility index (Phi) is 6.49. The number of anilines is 1. The molecule has 0 aliphatic carbocycles. The Hall–Kier alpha value is -1.75. The van der Waals surface area contributed by atoms with Crippen LogP contribution in [-0.4, -0.2) is 26.3 Å². The first-order chi connectivity index (χ1) is 11.4. The first-order valence-electron chi connectivity index (χ1n) is 8.49. The van der Waals surface area contributed by atoms with Crippen molar-refractivity contribution in [2.24, 2.45) is 0 Å². The van der Waals surface area contributed by atoms with Crippen molar-refractivity contribution >= 4 is 34.2 Å². The number of carbonyl (C=O) groups excluding carboxylic acids is 1. The summed E-state index contributed by atoms with van der Waals surface area (Å²) in [5.74, 6) is 0.829. The van der Waals surface area contributed by atoms with Crippen molar-refractivity contribution in [3.8, 4) is 0 Å². The van der Waals surface area contributed by atoms with Gasteiger partial charge in [0.15, 0.2) is 5.82 Å². The number of carbonyl (C=O) groups is 1. The van der Waals surface area contributed by atoms with Crippen LogP contribution in [0.1, 0.15) is 59.3 Å². The van der Waals surface area contributed by atoms with Crippen molar-refractivity contribution in [1.82, 2.24) is 15.0 Å². The fourth-order valence-corrected chi connectivity index (χ4v) is 2.95. The van der Waals surface area contributed by atoms with Gasteiger partial charge in [-0.25, -0.2) is 4.98 Å². The van der Waals surface area contributed by atoms with E-state index in [-0.39, 0.29) is 16.6 Å². The number of halogens is 1. The Morgan fingerprint density at radius 1 is 1.29 bits per heavy atom. The molecule has 130 valence electrons. The highest BCUT2D eigenvalue weighted by Crippen LogP contribution is 2.29. The molecule has 2 aromatic heterocycles. The molecule has 0 unspecified atom stereocenters. The van der Waals surface area contributed by atoms with Crippen LogP contribution < -0.4 is 5.32 Å². The highest BCUT2D eigenvalue weighted by atomic mass is 35.5. The topological polar surface area (TPSA) is 67.8 Å². The molecule has 6 heteroatoms. The molecule has 24 heavy (non-hydrogen) atoms. The summed E-state index contributed by atoms with van der Waals surface area (Å²) in [5.41, 5.74) is 1.18. The number of fused-ring (bicyclic) bond motifs is 1. The van der Waals surface area contributed by atoms with Crippen molar-refractivity contribution in [2.45, 2.75) is 64.8 Å². The van der Waals surface area contributed by atoms with E-state index in [1.54, 1.807) is 13.1 Å². The van der Waals surface area contributed by atoms with Gasteiger partial charge in [-0.15, -0.1) is 0 Å². The lowest BCUT2D eigenvalue weighted by atomic mass is 9.88. The van der Waals surface area contributed by atoms with Gasteiger partial charge in [0.2, 0.25) is 5.28 Å². The lowest BCUT2D eigenvalue weighted by Gasteiger charge is -2.32. The van der Waals surface area contributed by atoms with Gasteiger partial charge in [0.05, 0.1) is 5.52 Å². The second-order valence-corrected chi connectivity index (χ2v) is 6.90. The van der Waals surface area contributed by atoms with E-state index < -0.39 is 0 Å². The van der Waals surface area contributed by atoms with E-state index in [1.165, 1.54) is 6.42 Å². The fraction of sp³-hybridized carbons (Fsp3) is 0.556. The Morgan fingerprint density at radius 3 is 2.79 bits per heavy atom. The van der Waals surface area contributed by atoms with Crippen LogP contribution in [0.5, 0.6) is 0 Å². The Bertz CT molecular complexity index is 706. The van der Waals surface area contributed by atoms with Gasteiger partial charge in [-0.1, -0.05) is 26.2 Å². The van der Waals surface area contributed by atoms with Crippen LogP contribution in [0.3, 0.4) is 0 Å². The molecule has 0 bridgehead atoms. The number of Topliss-reactive ketones (excluding diaryl/α,β-unsaturated/α-hetero) is 1. The van der Waals surface area contributed by atoms with Gasteiger partial charge >= 0.3 is 0 Å². The van der Waals surface area contributed by atoms with Crippen LogP contribution in [0.2, 0.25) is 5.28 Å². The normalized spacial score (nSPS) is 13.7.